The monoisotopic (exact) mass is 410 g/mol. The van der Waals surface area contributed by atoms with Crippen molar-refractivity contribution in [3.8, 4) is 5.75 Å². The lowest BCUT2D eigenvalue weighted by atomic mass is 9.99. The minimum absolute atomic E-state index is 0.00765. The van der Waals surface area contributed by atoms with Gasteiger partial charge in [-0.05, 0) is 43.4 Å². The number of aryl methyl sites for hydroxylation is 1. The number of carbonyl (C=O) groups is 2. The average Bonchev–Trinajstić information content (AvgIpc) is 2.75. The second-order valence-corrected chi connectivity index (χ2v) is 6.91. The summed E-state index contributed by atoms with van der Waals surface area (Å²) >= 11 is 0. The first-order valence-electron chi connectivity index (χ1n) is 9.57. The van der Waals surface area contributed by atoms with E-state index >= 15 is 0 Å². The highest BCUT2D eigenvalue weighted by Crippen LogP contribution is 2.30. The number of rotatable bonds is 4. The van der Waals surface area contributed by atoms with Crippen LogP contribution in [0.4, 0.5) is 11.4 Å². The van der Waals surface area contributed by atoms with Gasteiger partial charge < -0.3 is 14.7 Å². The molecule has 30 heavy (non-hydrogen) atoms. The smallest absolute Gasteiger partial charge is 0.331 e. The van der Waals surface area contributed by atoms with Crippen molar-refractivity contribution < 1.29 is 24.4 Å². The Bertz CT molecular complexity index is 1010. The number of nitro benzene ring substituents is 1. The number of methoxy groups -OCH3 is 1. The normalized spacial score (nSPS) is 16.0. The maximum Gasteiger partial charge on any atom is 0.331 e. The minimum atomic E-state index is -0.943. The van der Waals surface area contributed by atoms with E-state index < -0.39 is 10.9 Å². The number of para-hydroxylation sites is 1. The number of fused-ring (bicyclic) bond motifs is 1. The topological polar surface area (TPSA) is 110 Å². The second-order valence-electron chi connectivity index (χ2n) is 6.91. The zero-order chi connectivity index (χ0) is 21.7. The van der Waals surface area contributed by atoms with Crippen LogP contribution in [-0.2, 0) is 11.2 Å². The van der Waals surface area contributed by atoms with Gasteiger partial charge in [-0.2, -0.15) is 0 Å². The van der Waals surface area contributed by atoms with Crippen molar-refractivity contribution in [2.75, 3.05) is 18.6 Å². The summed E-state index contributed by atoms with van der Waals surface area (Å²) in [5, 5.41) is 20.5. The fourth-order valence-corrected chi connectivity index (χ4v) is 3.57. The Labute approximate surface area is 173 Å². The lowest BCUT2D eigenvalue weighted by molar-refractivity contribution is -0.385. The molecule has 0 bridgehead atoms. The van der Waals surface area contributed by atoms with Gasteiger partial charge in [0.15, 0.2) is 5.75 Å². The Morgan fingerprint density at radius 2 is 1.93 bits per heavy atom. The molecule has 0 radical (unpaired) electrons. The highest BCUT2D eigenvalue weighted by molar-refractivity contribution is 6.07. The number of nitro groups is 1. The first-order valence-corrected chi connectivity index (χ1v) is 9.57. The molecule has 2 aromatic carbocycles. The number of benzene rings is 2. The number of carboxylic acid groups (broad SMARTS) is 1. The van der Waals surface area contributed by atoms with Gasteiger partial charge in [0.25, 0.3) is 5.91 Å². The summed E-state index contributed by atoms with van der Waals surface area (Å²) in [5.74, 6) is -1.27. The van der Waals surface area contributed by atoms with Crippen LogP contribution in [0.25, 0.3) is 0 Å². The Morgan fingerprint density at radius 3 is 2.63 bits per heavy atom. The molecule has 0 aromatic heterocycles. The number of carboxylic acids is 1. The van der Waals surface area contributed by atoms with E-state index in [2.05, 4.69) is 0 Å². The number of carbonyl (C=O) groups excluding carboxylic acids is 1. The van der Waals surface area contributed by atoms with Crippen LogP contribution < -0.4 is 9.64 Å². The van der Waals surface area contributed by atoms with Crippen LogP contribution in [0.1, 0.15) is 35.2 Å². The summed E-state index contributed by atoms with van der Waals surface area (Å²) in [5.41, 5.74) is 2.09. The van der Waals surface area contributed by atoms with Crippen molar-refractivity contribution in [3.63, 3.8) is 0 Å². The van der Waals surface area contributed by atoms with Crippen molar-refractivity contribution in [1.82, 2.24) is 0 Å². The number of ether oxygens (including phenoxy) is 1. The molecule has 1 amide bonds. The first kappa shape index (κ1) is 21.0. The van der Waals surface area contributed by atoms with Gasteiger partial charge in [-0.25, -0.2) is 4.79 Å². The molecule has 1 heterocycles. The number of nitrogens with zero attached hydrogens (tertiary/aromatic N) is 2. The molecule has 0 fully saturated rings. The summed E-state index contributed by atoms with van der Waals surface area (Å²) in [6.45, 7) is 0.284. The number of hydrogen-bond acceptors (Lipinski definition) is 5. The van der Waals surface area contributed by atoms with E-state index in [-0.39, 0.29) is 29.5 Å². The van der Waals surface area contributed by atoms with E-state index in [0.29, 0.717) is 31.3 Å². The van der Waals surface area contributed by atoms with Crippen LogP contribution in [-0.4, -0.2) is 35.6 Å². The molecule has 0 aliphatic carbocycles. The third-order valence-electron chi connectivity index (χ3n) is 5.06. The largest absolute Gasteiger partial charge is 0.490 e. The maximum absolute atomic E-state index is 13.4. The lowest BCUT2D eigenvalue weighted by Gasteiger charge is -2.26. The Morgan fingerprint density at radius 1 is 1.17 bits per heavy atom. The van der Waals surface area contributed by atoms with E-state index in [1.54, 1.807) is 11.0 Å². The number of aliphatic carboxylic acids is 1. The van der Waals surface area contributed by atoms with Gasteiger partial charge in [-0.3, -0.25) is 14.9 Å². The van der Waals surface area contributed by atoms with Gasteiger partial charge >= 0.3 is 11.7 Å². The molecule has 2 aromatic rings. The van der Waals surface area contributed by atoms with Crippen LogP contribution in [0.3, 0.4) is 0 Å². The van der Waals surface area contributed by atoms with Gasteiger partial charge in [-0.15, -0.1) is 0 Å². The number of amides is 1. The summed E-state index contributed by atoms with van der Waals surface area (Å²) in [4.78, 5) is 37.0. The first-order chi connectivity index (χ1) is 14.4. The van der Waals surface area contributed by atoms with Gasteiger partial charge in [0.05, 0.1) is 12.0 Å². The van der Waals surface area contributed by atoms with Gasteiger partial charge in [-0.1, -0.05) is 24.3 Å². The molecule has 0 saturated heterocycles. The summed E-state index contributed by atoms with van der Waals surface area (Å²) in [6.07, 6.45) is 3.80. The Balaban J connectivity index is 2.01. The molecule has 1 aliphatic rings. The van der Waals surface area contributed by atoms with Gasteiger partial charge in [0.2, 0.25) is 0 Å². The van der Waals surface area contributed by atoms with Crippen LogP contribution >= 0.6 is 0 Å². The van der Waals surface area contributed by atoms with Crippen LogP contribution in [0, 0.1) is 10.1 Å². The van der Waals surface area contributed by atoms with Crippen molar-refractivity contribution in [1.29, 1.82) is 0 Å². The van der Waals surface area contributed by atoms with E-state index in [9.17, 15) is 24.8 Å². The van der Waals surface area contributed by atoms with Crippen molar-refractivity contribution in [3.05, 3.63) is 75.4 Å². The minimum Gasteiger partial charge on any atom is -0.490 e. The highest BCUT2D eigenvalue weighted by Gasteiger charge is 2.24. The number of anilines is 1. The molecule has 156 valence electrons. The molecular weight excluding hydrogens is 388 g/mol. The second kappa shape index (κ2) is 9.21. The average molecular weight is 410 g/mol. The third kappa shape index (κ3) is 4.48. The third-order valence-corrected chi connectivity index (χ3v) is 5.06. The van der Waals surface area contributed by atoms with Gasteiger partial charge in [0, 0.05) is 35.5 Å². The number of hydrogen-bond donors (Lipinski definition) is 1. The molecular formula is C22H22N2O6. The zero-order valence-electron chi connectivity index (χ0n) is 16.5. The van der Waals surface area contributed by atoms with Crippen LogP contribution in [0.15, 0.2) is 54.1 Å². The molecule has 0 spiro atoms. The van der Waals surface area contributed by atoms with Crippen LogP contribution in [0.2, 0.25) is 0 Å². The molecule has 0 unspecified atom stereocenters. The fourth-order valence-electron chi connectivity index (χ4n) is 3.57. The molecule has 1 aliphatic heterocycles. The predicted octanol–water partition coefficient (Wildman–Crippen LogP) is 3.99. The quantitative estimate of drug-likeness (QED) is 0.603. The Hall–Kier alpha value is -3.68. The zero-order valence-corrected chi connectivity index (χ0v) is 16.5. The fraction of sp³-hybridized carbons (Fsp3) is 0.273. The van der Waals surface area contributed by atoms with Gasteiger partial charge in [0.1, 0.15) is 0 Å². The van der Waals surface area contributed by atoms with Crippen molar-refractivity contribution >= 4 is 23.3 Å². The summed E-state index contributed by atoms with van der Waals surface area (Å²) in [6, 6.07) is 11.5. The van der Waals surface area contributed by atoms with E-state index in [1.165, 1.54) is 25.3 Å². The van der Waals surface area contributed by atoms with E-state index in [4.69, 9.17) is 4.74 Å². The SMILES string of the molecule is COc1cc(C(=O)N2CC/C=C(/C(=O)O)CCCc3ccccc32)ccc1[N+](=O)[O-]. The molecule has 3 rings (SSSR count). The predicted molar refractivity (Wildman–Crippen MR) is 111 cm³/mol. The summed E-state index contributed by atoms with van der Waals surface area (Å²) < 4.78 is 5.09. The molecule has 0 atom stereocenters. The Kier molecular flexibility index (Phi) is 6.46. The van der Waals surface area contributed by atoms with Crippen molar-refractivity contribution in [2.45, 2.75) is 25.7 Å². The molecule has 8 nitrogen and oxygen atoms in total. The molecule has 0 saturated carbocycles. The lowest BCUT2D eigenvalue weighted by Crippen LogP contribution is -2.33. The van der Waals surface area contributed by atoms with Crippen molar-refractivity contribution in [2.24, 2.45) is 0 Å². The van der Waals surface area contributed by atoms with E-state index in [1.807, 2.05) is 24.3 Å². The molecule has 1 N–H and O–H groups in total. The molecule has 8 heteroatoms. The highest BCUT2D eigenvalue weighted by atomic mass is 16.6. The standard InChI is InChI=1S/C22H22N2O6/c1-30-20-14-17(11-12-19(20)24(28)29)21(25)23-13-5-9-16(22(26)27)8-4-7-15-6-2-3-10-18(15)23/h2-3,6,9-12,14H,4-5,7-8,13H2,1H3,(H,26,27)/b16-9+. The summed E-state index contributed by atoms with van der Waals surface area (Å²) in [7, 11) is 1.31. The maximum atomic E-state index is 13.4. The van der Waals surface area contributed by atoms with E-state index in [0.717, 1.165) is 11.3 Å². The van der Waals surface area contributed by atoms with Crippen LogP contribution in [0.5, 0.6) is 5.75 Å².